The second-order valence-corrected chi connectivity index (χ2v) is 6.05. The van der Waals surface area contributed by atoms with Crippen LogP contribution in [0.25, 0.3) is 0 Å². The molecule has 0 amide bonds. The summed E-state index contributed by atoms with van der Waals surface area (Å²) in [5.74, 6) is -0.491. The zero-order chi connectivity index (χ0) is 14.7. The highest BCUT2D eigenvalue weighted by Gasteiger charge is 2.18. The number of rotatable bonds is 5. The Morgan fingerprint density at radius 2 is 2.10 bits per heavy atom. The molecule has 1 heterocycles. The molecular formula is C16H18FNOS. The van der Waals surface area contributed by atoms with E-state index in [2.05, 4.69) is 24.8 Å². The number of Topliss-reactive ketones (excluding diaryl/α,β-unsaturated/α-hetero) is 1. The lowest BCUT2D eigenvalue weighted by molar-refractivity contribution is 0.101. The third-order valence-electron chi connectivity index (χ3n) is 3.18. The fourth-order valence-corrected chi connectivity index (χ4v) is 2.86. The quantitative estimate of drug-likeness (QED) is 0.756. The van der Waals surface area contributed by atoms with Crippen molar-refractivity contribution in [2.24, 2.45) is 0 Å². The van der Waals surface area contributed by atoms with Gasteiger partial charge in [0.2, 0.25) is 0 Å². The van der Waals surface area contributed by atoms with Gasteiger partial charge in [0.25, 0.3) is 0 Å². The number of halogens is 1. The average Bonchev–Trinajstić information content (AvgIpc) is 2.89. The van der Waals surface area contributed by atoms with Crippen molar-refractivity contribution >= 4 is 22.8 Å². The molecule has 0 aliphatic heterocycles. The number of ketones is 1. The van der Waals surface area contributed by atoms with Gasteiger partial charge in [0.15, 0.2) is 5.78 Å². The van der Waals surface area contributed by atoms with Crippen LogP contribution in [-0.2, 0) is 6.54 Å². The van der Waals surface area contributed by atoms with E-state index >= 15 is 0 Å². The number of carbonyl (C=O) groups is 1. The normalized spacial score (nSPS) is 10.8. The van der Waals surface area contributed by atoms with Crippen LogP contribution >= 0.6 is 11.3 Å². The van der Waals surface area contributed by atoms with Gasteiger partial charge in [-0.3, -0.25) is 4.79 Å². The van der Waals surface area contributed by atoms with E-state index < -0.39 is 0 Å². The Labute approximate surface area is 122 Å². The van der Waals surface area contributed by atoms with Crippen LogP contribution in [0.5, 0.6) is 0 Å². The molecule has 0 radical (unpaired) electrons. The highest BCUT2D eigenvalue weighted by molar-refractivity contribution is 7.09. The smallest absolute Gasteiger partial charge is 0.161 e. The molecule has 20 heavy (non-hydrogen) atoms. The van der Waals surface area contributed by atoms with Crippen molar-refractivity contribution in [2.75, 3.05) is 4.90 Å². The van der Waals surface area contributed by atoms with Crippen LogP contribution in [0.2, 0.25) is 0 Å². The molecule has 1 aromatic heterocycles. The largest absolute Gasteiger partial charge is 0.363 e. The van der Waals surface area contributed by atoms with Crippen LogP contribution in [0, 0.1) is 5.82 Å². The van der Waals surface area contributed by atoms with E-state index in [1.165, 1.54) is 23.9 Å². The highest BCUT2D eigenvalue weighted by Crippen LogP contribution is 2.27. The minimum atomic E-state index is -0.376. The van der Waals surface area contributed by atoms with E-state index in [0.29, 0.717) is 5.56 Å². The first-order valence-electron chi connectivity index (χ1n) is 6.58. The third kappa shape index (κ3) is 3.25. The lowest BCUT2D eigenvalue weighted by atomic mass is 10.1. The molecular weight excluding hydrogens is 273 g/mol. The van der Waals surface area contributed by atoms with Gasteiger partial charge in [0.1, 0.15) is 5.82 Å². The Balaban J connectivity index is 2.41. The molecule has 0 saturated carbocycles. The first-order valence-corrected chi connectivity index (χ1v) is 7.46. The first kappa shape index (κ1) is 14.7. The maximum atomic E-state index is 13.4. The summed E-state index contributed by atoms with van der Waals surface area (Å²) in [4.78, 5) is 15.1. The molecule has 0 aliphatic carbocycles. The monoisotopic (exact) mass is 291 g/mol. The molecule has 0 saturated heterocycles. The van der Waals surface area contributed by atoms with Crippen LogP contribution in [-0.4, -0.2) is 11.8 Å². The summed E-state index contributed by atoms with van der Waals surface area (Å²) < 4.78 is 13.4. The van der Waals surface area contributed by atoms with Crippen molar-refractivity contribution in [3.63, 3.8) is 0 Å². The standard InChI is InChI=1S/C16H18FNOS/c1-11(2)18(10-14-5-4-8-20-14)16-7-6-13(17)9-15(16)12(3)19/h4-9,11H,10H2,1-3H3. The zero-order valence-corrected chi connectivity index (χ0v) is 12.7. The van der Waals surface area contributed by atoms with Gasteiger partial charge in [-0.15, -0.1) is 11.3 Å². The topological polar surface area (TPSA) is 20.3 Å². The third-order valence-corrected chi connectivity index (χ3v) is 4.04. The van der Waals surface area contributed by atoms with Gasteiger partial charge >= 0.3 is 0 Å². The van der Waals surface area contributed by atoms with Gasteiger partial charge < -0.3 is 4.90 Å². The Hall–Kier alpha value is -1.68. The second kappa shape index (κ2) is 6.18. The molecule has 0 aliphatic rings. The van der Waals surface area contributed by atoms with Gasteiger partial charge in [0.05, 0.1) is 6.54 Å². The highest BCUT2D eigenvalue weighted by atomic mass is 32.1. The number of hydrogen-bond donors (Lipinski definition) is 0. The van der Waals surface area contributed by atoms with Gasteiger partial charge in [-0.2, -0.15) is 0 Å². The van der Waals surface area contributed by atoms with Crippen LogP contribution in [0.4, 0.5) is 10.1 Å². The fourth-order valence-electron chi connectivity index (χ4n) is 2.16. The predicted octanol–water partition coefficient (Wildman–Crippen LogP) is 4.50. The van der Waals surface area contributed by atoms with Crippen LogP contribution in [0.15, 0.2) is 35.7 Å². The molecule has 106 valence electrons. The van der Waals surface area contributed by atoms with Crippen molar-refractivity contribution in [2.45, 2.75) is 33.4 Å². The molecule has 2 rings (SSSR count). The summed E-state index contributed by atoms with van der Waals surface area (Å²) in [5, 5.41) is 2.03. The molecule has 0 N–H and O–H groups in total. The Bertz CT molecular complexity index is 593. The summed E-state index contributed by atoms with van der Waals surface area (Å²) in [7, 11) is 0. The lowest BCUT2D eigenvalue weighted by Gasteiger charge is -2.30. The van der Waals surface area contributed by atoms with Crippen LogP contribution < -0.4 is 4.90 Å². The van der Waals surface area contributed by atoms with Crippen molar-refractivity contribution in [3.05, 3.63) is 52.0 Å². The minimum absolute atomic E-state index is 0.115. The van der Waals surface area contributed by atoms with Gasteiger partial charge in [-0.25, -0.2) is 4.39 Å². The molecule has 2 nitrogen and oxygen atoms in total. The molecule has 2 aromatic rings. The predicted molar refractivity (Wildman–Crippen MR) is 82.0 cm³/mol. The molecule has 0 bridgehead atoms. The summed E-state index contributed by atoms with van der Waals surface area (Å²) in [5.41, 5.74) is 1.23. The second-order valence-electron chi connectivity index (χ2n) is 5.02. The van der Waals surface area contributed by atoms with E-state index in [1.807, 2.05) is 11.4 Å². The van der Waals surface area contributed by atoms with Crippen molar-refractivity contribution < 1.29 is 9.18 Å². The summed E-state index contributed by atoms with van der Waals surface area (Å²) >= 11 is 1.68. The van der Waals surface area contributed by atoms with Gasteiger partial charge in [0, 0.05) is 22.2 Å². The van der Waals surface area contributed by atoms with Crippen molar-refractivity contribution in [3.8, 4) is 0 Å². The van der Waals surface area contributed by atoms with Gasteiger partial charge in [-0.1, -0.05) is 6.07 Å². The molecule has 0 unspecified atom stereocenters. The van der Waals surface area contributed by atoms with Crippen molar-refractivity contribution in [1.29, 1.82) is 0 Å². The maximum absolute atomic E-state index is 13.4. The Kier molecular flexibility index (Phi) is 4.55. The maximum Gasteiger partial charge on any atom is 0.161 e. The SMILES string of the molecule is CC(=O)c1cc(F)ccc1N(Cc1cccs1)C(C)C. The van der Waals surface area contributed by atoms with E-state index in [9.17, 15) is 9.18 Å². The lowest BCUT2D eigenvalue weighted by Crippen LogP contribution is -2.31. The Morgan fingerprint density at radius 1 is 1.35 bits per heavy atom. The van der Waals surface area contributed by atoms with E-state index in [4.69, 9.17) is 0 Å². The van der Waals surface area contributed by atoms with Crippen LogP contribution in [0.3, 0.4) is 0 Å². The summed E-state index contributed by atoms with van der Waals surface area (Å²) in [6, 6.07) is 8.72. The van der Waals surface area contributed by atoms with Crippen LogP contribution in [0.1, 0.15) is 36.0 Å². The summed E-state index contributed by atoms with van der Waals surface area (Å²) in [6.07, 6.45) is 0. The van der Waals surface area contributed by atoms with Gasteiger partial charge in [-0.05, 0) is 50.4 Å². The molecule has 0 spiro atoms. The molecule has 0 fully saturated rings. The number of benzene rings is 1. The van der Waals surface area contributed by atoms with E-state index in [1.54, 1.807) is 17.4 Å². The number of thiophene rings is 1. The zero-order valence-electron chi connectivity index (χ0n) is 11.9. The van der Waals surface area contributed by atoms with E-state index in [-0.39, 0.29) is 17.6 Å². The molecule has 1 aromatic carbocycles. The van der Waals surface area contributed by atoms with E-state index in [0.717, 1.165) is 12.2 Å². The fraction of sp³-hybridized carbons (Fsp3) is 0.312. The Morgan fingerprint density at radius 3 is 2.65 bits per heavy atom. The average molecular weight is 291 g/mol. The molecule has 0 atom stereocenters. The first-order chi connectivity index (χ1) is 9.49. The number of anilines is 1. The summed E-state index contributed by atoms with van der Waals surface area (Å²) in [6.45, 7) is 6.34. The number of hydrogen-bond acceptors (Lipinski definition) is 3. The van der Waals surface area contributed by atoms with Crippen molar-refractivity contribution in [1.82, 2.24) is 0 Å². The number of nitrogens with zero attached hydrogens (tertiary/aromatic N) is 1. The molecule has 4 heteroatoms. The number of carbonyl (C=O) groups excluding carboxylic acids is 1. The minimum Gasteiger partial charge on any atom is -0.363 e.